The highest BCUT2D eigenvalue weighted by Crippen LogP contribution is 2.06. The fraction of sp³-hybridized carbons (Fsp3) is 0.625. The van der Waals surface area contributed by atoms with Gasteiger partial charge in [-0.2, -0.15) is 5.10 Å². The topological polar surface area (TPSA) is 68.2 Å². The molecule has 2 N–H and O–H groups in total. The summed E-state index contributed by atoms with van der Waals surface area (Å²) in [6, 6.07) is 0.382. The van der Waals surface area contributed by atoms with Crippen molar-refractivity contribution in [2.24, 2.45) is 0 Å². The molecular formula is C16H28N4O2. The van der Waals surface area contributed by atoms with Crippen LogP contribution in [0.4, 0.5) is 4.79 Å². The van der Waals surface area contributed by atoms with Gasteiger partial charge in [0.25, 0.3) is 0 Å². The van der Waals surface area contributed by atoms with Crippen molar-refractivity contribution in [3.63, 3.8) is 0 Å². The number of aromatic nitrogens is 2. The molecule has 0 radical (unpaired) electrons. The highest BCUT2D eigenvalue weighted by Gasteiger charge is 2.14. The Hall–Kier alpha value is -1.82. The number of hydrogen-bond acceptors (Lipinski definition) is 4. The molecule has 1 aromatic rings. The predicted molar refractivity (Wildman–Crippen MR) is 87.7 cm³/mol. The van der Waals surface area contributed by atoms with Crippen molar-refractivity contribution in [1.29, 1.82) is 0 Å². The van der Waals surface area contributed by atoms with Gasteiger partial charge in [-0.1, -0.05) is 12.2 Å². The summed E-state index contributed by atoms with van der Waals surface area (Å²) in [6.45, 7) is 11.7. The van der Waals surface area contributed by atoms with Gasteiger partial charge in [0.05, 0.1) is 6.20 Å². The molecular weight excluding hydrogens is 280 g/mol. The van der Waals surface area contributed by atoms with E-state index in [0.29, 0.717) is 12.6 Å². The largest absolute Gasteiger partial charge is 0.444 e. The molecule has 1 heterocycles. The average molecular weight is 308 g/mol. The molecule has 0 bridgehead atoms. The van der Waals surface area contributed by atoms with Gasteiger partial charge in [0.2, 0.25) is 0 Å². The van der Waals surface area contributed by atoms with Crippen LogP contribution in [0.15, 0.2) is 24.5 Å². The number of carbonyl (C=O) groups is 1. The lowest BCUT2D eigenvalue weighted by atomic mass is 10.2. The van der Waals surface area contributed by atoms with Gasteiger partial charge in [-0.05, 0) is 34.6 Å². The summed E-state index contributed by atoms with van der Waals surface area (Å²) in [4.78, 5) is 11.4. The molecule has 0 aromatic carbocycles. The molecule has 0 aliphatic carbocycles. The van der Waals surface area contributed by atoms with Gasteiger partial charge in [-0.3, -0.25) is 4.68 Å². The molecule has 0 fully saturated rings. The first-order chi connectivity index (χ1) is 10.3. The molecule has 124 valence electrons. The van der Waals surface area contributed by atoms with E-state index in [2.05, 4.69) is 29.6 Å². The Morgan fingerprint density at radius 2 is 2.05 bits per heavy atom. The summed E-state index contributed by atoms with van der Waals surface area (Å²) in [6.07, 6.45) is 7.40. The van der Waals surface area contributed by atoms with Crippen molar-refractivity contribution in [3.8, 4) is 0 Å². The van der Waals surface area contributed by atoms with Crippen molar-refractivity contribution in [2.45, 2.75) is 52.8 Å². The highest BCUT2D eigenvalue weighted by atomic mass is 16.6. The van der Waals surface area contributed by atoms with E-state index in [1.54, 1.807) is 0 Å². The molecule has 0 aliphatic heterocycles. The molecule has 0 aliphatic rings. The van der Waals surface area contributed by atoms with E-state index in [-0.39, 0.29) is 0 Å². The van der Waals surface area contributed by atoms with Crippen LogP contribution in [0.5, 0.6) is 0 Å². The smallest absolute Gasteiger partial charge is 0.407 e. The second-order valence-corrected chi connectivity index (χ2v) is 6.41. The molecule has 0 spiro atoms. The van der Waals surface area contributed by atoms with Crippen LogP contribution in [0.25, 0.3) is 0 Å². The van der Waals surface area contributed by atoms with Crippen LogP contribution in [0.2, 0.25) is 0 Å². The van der Waals surface area contributed by atoms with Gasteiger partial charge < -0.3 is 15.4 Å². The standard InChI is InChI=1S/C16H28N4O2/c1-13(2)20-12-14(11-19-20)10-17-8-6-7-9-18-15(21)22-16(3,4)5/h6-7,11-13,17H,8-10H2,1-5H3,(H,18,21)/b7-6+. The van der Waals surface area contributed by atoms with Gasteiger partial charge in [0, 0.05) is 37.4 Å². The lowest BCUT2D eigenvalue weighted by Crippen LogP contribution is -2.32. The van der Waals surface area contributed by atoms with Gasteiger partial charge in [-0.15, -0.1) is 0 Å². The van der Waals surface area contributed by atoms with E-state index in [1.807, 2.05) is 50.0 Å². The first-order valence-corrected chi connectivity index (χ1v) is 7.63. The molecule has 1 rings (SSSR count). The second-order valence-electron chi connectivity index (χ2n) is 6.41. The normalized spacial score (nSPS) is 12.1. The molecule has 0 saturated heterocycles. The highest BCUT2D eigenvalue weighted by molar-refractivity contribution is 5.67. The predicted octanol–water partition coefficient (Wildman–Crippen LogP) is 2.63. The minimum Gasteiger partial charge on any atom is -0.444 e. The Morgan fingerprint density at radius 3 is 2.64 bits per heavy atom. The molecule has 0 atom stereocenters. The minimum absolute atomic E-state index is 0.382. The maximum absolute atomic E-state index is 11.4. The van der Waals surface area contributed by atoms with E-state index in [0.717, 1.165) is 18.7 Å². The van der Waals surface area contributed by atoms with Crippen LogP contribution in [-0.4, -0.2) is 34.6 Å². The van der Waals surface area contributed by atoms with Crippen molar-refractivity contribution in [1.82, 2.24) is 20.4 Å². The number of rotatable bonds is 7. The molecule has 1 aromatic heterocycles. The second kappa shape index (κ2) is 8.58. The molecule has 0 saturated carbocycles. The Morgan fingerprint density at radius 1 is 1.36 bits per heavy atom. The van der Waals surface area contributed by atoms with Gasteiger partial charge >= 0.3 is 6.09 Å². The van der Waals surface area contributed by atoms with Crippen molar-refractivity contribution in [2.75, 3.05) is 13.1 Å². The van der Waals surface area contributed by atoms with E-state index in [9.17, 15) is 4.79 Å². The summed E-state index contributed by atoms with van der Waals surface area (Å²) < 4.78 is 7.08. The number of hydrogen-bond donors (Lipinski definition) is 2. The summed E-state index contributed by atoms with van der Waals surface area (Å²) in [7, 11) is 0. The number of nitrogens with one attached hydrogen (secondary N) is 2. The fourth-order valence-electron chi connectivity index (χ4n) is 1.67. The van der Waals surface area contributed by atoms with E-state index in [1.165, 1.54) is 0 Å². The lowest BCUT2D eigenvalue weighted by Gasteiger charge is -2.19. The quantitative estimate of drug-likeness (QED) is 0.600. The Bertz CT molecular complexity index is 487. The number of nitrogens with zero attached hydrogens (tertiary/aromatic N) is 2. The van der Waals surface area contributed by atoms with Crippen LogP contribution >= 0.6 is 0 Å². The van der Waals surface area contributed by atoms with E-state index >= 15 is 0 Å². The molecule has 6 nitrogen and oxygen atoms in total. The third-order valence-corrected chi connectivity index (χ3v) is 2.71. The Kier molecular flexibility index (Phi) is 7.11. The zero-order valence-electron chi connectivity index (χ0n) is 14.2. The molecule has 6 heteroatoms. The maximum Gasteiger partial charge on any atom is 0.407 e. The Balaban J connectivity index is 2.12. The summed E-state index contributed by atoms with van der Waals surface area (Å²) >= 11 is 0. The van der Waals surface area contributed by atoms with Crippen LogP contribution in [-0.2, 0) is 11.3 Å². The zero-order valence-corrected chi connectivity index (χ0v) is 14.2. The van der Waals surface area contributed by atoms with Crippen LogP contribution in [0.1, 0.15) is 46.2 Å². The summed E-state index contributed by atoms with van der Waals surface area (Å²) in [5.41, 5.74) is 0.699. The van der Waals surface area contributed by atoms with E-state index in [4.69, 9.17) is 4.74 Å². The van der Waals surface area contributed by atoms with Gasteiger partial charge in [0.15, 0.2) is 0 Å². The summed E-state index contributed by atoms with van der Waals surface area (Å²) in [5.74, 6) is 0. The SMILES string of the molecule is CC(C)n1cc(CNC/C=C/CNC(=O)OC(C)(C)C)cn1. The van der Waals surface area contributed by atoms with Crippen molar-refractivity contribution in [3.05, 3.63) is 30.1 Å². The number of ether oxygens (including phenoxy) is 1. The van der Waals surface area contributed by atoms with Crippen LogP contribution in [0, 0.1) is 0 Å². The number of carbonyl (C=O) groups excluding carboxylic acids is 1. The summed E-state index contributed by atoms with van der Waals surface area (Å²) in [5, 5.41) is 10.3. The monoisotopic (exact) mass is 308 g/mol. The van der Waals surface area contributed by atoms with Crippen molar-refractivity contribution >= 4 is 6.09 Å². The zero-order chi connectivity index (χ0) is 16.6. The van der Waals surface area contributed by atoms with E-state index < -0.39 is 11.7 Å². The van der Waals surface area contributed by atoms with Gasteiger partial charge in [-0.25, -0.2) is 4.79 Å². The first-order valence-electron chi connectivity index (χ1n) is 7.63. The number of alkyl carbamates (subject to hydrolysis) is 1. The van der Waals surface area contributed by atoms with Crippen molar-refractivity contribution < 1.29 is 9.53 Å². The molecule has 0 unspecified atom stereocenters. The third kappa shape index (κ3) is 7.83. The van der Waals surface area contributed by atoms with Crippen LogP contribution in [0.3, 0.4) is 0 Å². The average Bonchev–Trinajstić information content (AvgIpc) is 2.84. The Labute approximate surface area is 132 Å². The lowest BCUT2D eigenvalue weighted by molar-refractivity contribution is 0.0534. The molecule has 1 amide bonds. The van der Waals surface area contributed by atoms with Crippen LogP contribution < -0.4 is 10.6 Å². The number of amides is 1. The minimum atomic E-state index is -0.463. The molecule has 22 heavy (non-hydrogen) atoms. The van der Waals surface area contributed by atoms with Gasteiger partial charge in [0.1, 0.15) is 5.60 Å². The first kappa shape index (κ1) is 18.2. The third-order valence-electron chi connectivity index (χ3n) is 2.71. The maximum atomic E-state index is 11.4. The fourth-order valence-corrected chi connectivity index (χ4v) is 1.67.